The number of rotatable bonds is 5. The van der Waals surface area contributed by atoms with Crippen molar-refractivity contribution in [2.75, 3.05) is 6.54 Å². The van der Waals surface area contributed by atoms with Crippen molar-refractivity contribution in [1.29, 1.82) is 0 Å². The van der Waals surface area contributed by atoms with E-state index >= 15 is 0 Å². The maximum Gasteiger partial charge on any atom is 0.123 e. The van der Waals surface area contributed by atoms with Gasteiger partial charge in [-0.25, -0.2) is 4.39 Å². The maximum absolute atomic E-state index is 12.8. The van der Waals surface area contributed by atoms with Crippen molar-refractivity contribution in [2.45, 2.75) is 26.3 Å². The fourth-order valence-electron chi connectivity index (χ4n) is 2.24. The quantitative estimate of drug-likeness (QED) is 0.897. The number of aryl methyl sites for hydroxylation is 2. The first-order chi connectivity index (χ1) is 9.06. The average Bonchev–Trinajstić information content (AvgIpc) is 2.71. The van der Waals surface area contributed by atoms with E-state index in [2.05, 4.69) is 17.3 Å². The van der Waals surface area contributed by atoms with Crippen LogP contribution in [0.3, 0.4) is 0 Å². The van der Waals surface area contributed by atoms with Gasteiger partial charge in [-0.05, 0) is 44.5 Å². The van der Waals surface area contributed by atoms with Crippen molar-refractivity contribution in [3.63, 3.8) is 0 Å². The van der Waals surface area contributed by atoms with Crippen molar-refractivity contribution >= 4 is 0 Å². The third kappa shape index (κ3) is 3.64. The van der Waals surface area contributed by atoms with Crippen LogP contribution in [0.1, 0.15) is 29.8 Å². The van der Waals surface area contributed by atoms with Gasteiger partial charge in [0.25, 0.3) is 0 Å². The van der Waals surface area contributed by atoms with E-state index in [4.69, 9.17) is 0 Å². The molecule has 0 radical (unpaired) electrons. The summed E-state index contributed by atoms with van der Waals surface area (Å²) in [7, 11) is 1.93. The summed E-state index contributed by atoms with van der Waals surface area (Å²) in [5, 5.41) is 7.81. The molecule has 0 bridgehead atoms. The summed E-state index contributed by atoms with van der Waals surface area (Å²) < 4.78 is 14.6. The van der Waals surface area contributed by atoms with Crippen molar-refractivity contribution in [3.05, 3.63) is 53.1 Å². The summed E-state index contributed by atoms with van der Waals surface area (Å²) in [5.74, 6) is -0.184. The molecular weight excluding hydrogens is 241 g/mol. The van der Waals surface area contributed by atoms with Crippen LogP contribution in [-0.2, 0) is 13.5 Å². The normalized spacial score (nSPS) is 12.6. The Kier molecular flexibility index (Phi) is 4.32. The van der Waals surface area contributed by atoms with Gasteiger partial charge in [-0.15, -0.1) is 0 Å². The van der Waals surface area contributed by atoms with Crippen molar-refractivity contribution in [1.82, 2.24) is 15.1 Å². The van der Waals surface area contributed by atoms with Crippen molar-refractivity contribution in [2.24, 2.45) is 7.05 Å². The molecule has 0 aliphatic rings. The van der Waals surface area contributed by atoms with Gasteiger partial charge in [0.2, 0.25) is 0 Å². The number of aromatic nitrogens is 2. The molecule has 0 amide bonds. The second kappa shape index (κ2) is 5.97. The first-order valence-electron chi connectivity index (χ1n) is 6.54. The van der Waals surface area contributed by atoms with Crippen LogP contribution in [0.5, 0.6) is 0 Å². The topological polar surface area (TPSA) is 29.9 Å². The molecule has 0 saturated heterocycles. The Bertz CT molecular complexity index is 531. The summed E-state index contributed by atoms with van der Waals surface area (Å²) in [6.45, 7) is 5.02. The lowest BCUT2D eigenvalue weighted by Crippen LogP contribution is -2.21. The summed E-state index contributed by atoms with van der Waals surface area (Å²) in [5.41, 5.74) is 3.43. The minimum atomic E-state index is -0.184. The van der Waals surface area contributed by atoms with Crippen LogP contribution >= 0.6 is 0 Å². The molecular formula is C15H20FN3. The lowest BCUT2D eigenvalue weighted by atomic mass is 10.1. The molecule has 0 spiro atoms. The van der Waals surface area contributed by atoms with Gasteiger partial charge in [0.15, 0.2) is 0 Å². The first-order valence-corrected chi connectivity index (χ1v) is 6.54. The Labute approximate surface area is 113 Å². The second-order valence-electron chi connectivity index (χ2n) is 4.90. The summed E-state index contributed by atoms with van der Waals surface area (Å²) in [6, 6.07) is 6.94. The Morgan fingerprint density at radius 1 is 1.32 bits per heavy atom. The molecule has 0 saturated carbocycles. The van der Waals surface area contributed by atoms with Crippen LogP contribution in [0, 0.1) is 12.7 Å². The molecule has 0 aliphatic heterocycles. The molecule has 0 aliphatic carbocycles. The second-order valence-corrected chi connectivity index (χ2v) is 4.90. The zero-order valence-corrected chi connectivity index (χ0v) is 11.7. The monoisotopic (exact) mass is 261 g/mol. The zero-order chi connectivity index (χ0) is 13.8. The summed E-state index contributed by atoms with van der Waals surface area (Å²) in [4.78, 5) is 0. The molecule has 1 heterocycles. The van der Waals surface area contributed by atoms with Crippen LogP contribution < -0.4 is 5.32 Å². The number of hydrogen-bond donors (Lipinski definition) is 1. The van der Waals surface area contributed by atoms with E-state index < -0.39 is 0 Å². The molecule has 1 atom stereocenters. The number of nitrogens with one attached hydrogen (secondary N) is 1. The summed E-state index contributed by atoms with van der Waals surface area (Å²) >= 11 is 0. The molecule has 0 fully saturated rings. The molecule has 102 valence electrons. The van der Waals surface area contributed by atoms with E-state index in [9.17, 15) is 4.39 Å². The highest BCUT2D eigenvalue weighted by atomic mass is 19.1. The molecule has 4 heteroatoms. The van der Waals surface area contributed by atoms with Crippen LogP contribution in [0.15, 0.2) is 30.5 Å². The van der Waals surface area contributed by atoms with Gasteiger partial charge >= 0.3 is 0 Å². The predicted octanol–water partition coefficient (Wildman–Crippen LogP) is 2.76. The van der Waals surface area contributed by atoms with Gasteiger partial charge in [0.1, 0.15) is 5.82 Å². The molecule has 1 aromatic heterocycles. The average molecular weight is 261 g/mol. The van der Waals surface area contributed by atoms with Crippen LogP contribution in [-0.4, -0.2) is 16.3 Å². The van der Waals surface area contributed by atoms with E-state index in [1.807, 2.05) is 37.0 Å². The first kappa shape index (κ1) is 13.7. The van der Waals surface area contributed by atoms with Crippen molar-refractivity contribution in [3.8, 4) is 0 Å². The molecule has 3 nitrogen and oxygen atoms in total. The Morgan fingerprint density at radius 3 is 2.58 bits per heavy atom. The lowest BCUT2D eigenvalue weighted by Gasteiger charge is -2.13. The third-order valence-electron chi connectivity index (χ3n) is 3.30. The Morgan fingerprint density at radius 2 is 2.00 bits per heavy atom. The van der Waals surface area contributed by atoms with E-state index in [0.29, 0.717) is 0 Å². The molecule has 1 unspecified atom stereocenters. The lowest BCUT2D eigenvalue weighted by molar-refractivity contribution is 0.573. The molecule has 2 aromatic rings. The van der Waals surface area contributed by atoms with E-state index in [1.54, 1.807) is 0 Å². The van der Waals surface area contributed by atoms with Gasteiger partial charge in [0.05, 0.1) is 5.69 Å². The Balaban J connectivity index is 1.85. The van der Waals surface area contributed by atoms with Crippen molar-refractivity contribution < 1.29 is 4.39 Å². The number of hydrogen-bond acceptors (Lipinski definition) is 2. The van der Waals surface area contributed by atoms with Crippen LogP contribution in [0.4, 0.5) is 4.39 Å². The largest absolute Gasteiger partial charge is 0.310 e. The number of halogens is 1. The smallest absolute Gasteiger partial charge is 0.123 e. The molecule has 1 N–H and O–H groups in total. The zero-order valence-electron chi connectivity index (χ0n) is 11.7. The third-order valence-corrected chi connectivity index (χ3v) is 3.30. The number of nitrogens with zero attached hydrogens (tertiary/aromatic N) is 2. The minimum Gasteiger partial charge on any atom is -0.310 e. The van der Waals surface area contributed by atoms with Crippen LogP contribution in [0.2, 0.25) is 0 Å². The fraction of sp³-hybridized carbons (Fsp3) is 0.400. The Hall–Kier alpha value is -1.68. The SMILES string of the molecule is Cc1nn(C)cc1C(C)NCCc1ccc(F)cc1. The minimum absolute atomic E-state index is 0.184. The van der Waals surface area contributed by atoms with E-state index in [0.717, 1.165) is 24.2 Å². The van der Waals surface area contributed by atoms with Gasteiger partial charge in [-0.3, -0.25) is 4.68 Å². The predicted molar refractivity (Wildman–Crippen MR) is 74.5 cm³/mol. The van der Waals surface area contributed by atoms with Gasteiger partial charge < -0.3 is 5.32 Å². The highest BCUT2D eigenvalue weighted by Crippen LogP contribution is 2.15. The highest BCUT2D eigenvalue weighted by Gasteiger charge is 2.10. The number of benzene rings is 1. The fourth-order valence-corrected chi connectivity index (χ4v) is 2.24. The van der Waals surface area contributed by atoms with Gasteiger partial charge in [-0.1, -0.05) is 12.1 Å². The van der Waals surface area contributed by atoms with Crippen LogP contribution in [0.25, 0.3) is 0 Å². The maximum atomic E-state index is 12.8. The van der Waals surface area contributed by atoms with Gasteiger partial charge in [0, 0.05) is 24.8 Å². The van der Waals surface area contributed by atoms with E-state index in [1.165, 1.54) is 17.7 Å². The van der Waals surface area contributed by atoms with E-state index in [-0.39, 0.29) is 11.9 Å². The molecule has 19 heavy (non-hydrogen) atoms. The van der Waals surface area contributed by atoms with Gasteiger partial charge in [-0.2, -0.15) is 5.10 Å². The molecule has 2 rings (SSSR count). The highest BCUT2D eigenvalue weighted by molar-refractivity contribution is 5.20. The summed E-state index contributed by atoms with van der Waals surface area (Å²) in [6.07, 6.45) is 2.94. The molecule has 1 aromatic carbocycles. The standard InChI is InChI=1S/C15H20FN3/c1-11(15-10-19(3)18-12(15)2)17-9-8-13-4-6-14(16)7-5-13/h4-7,10-11,17H,8-9H2,1-3H3.